The molecule has 0 N–H and O–H groups in total. The highest BCUT2D eigenvalue weighted by Crippen LogP contribution is 2.15. The second-order valence-corrected chi connectivity index (χ2v) is 5.67. The number of carbonyl (C=O) groups is 1. The number of rotatable bonds is 7. The van der Waals surface area contributed by atoms with Crippen molar-refractivity contribution in [3.63, 3.8) is 0 Å². The van der Waals surface area contributed by atoms with Crippen LogP contribution in [0.1, 0.15) is 15.9 Å². The molecule has 0 bridgehead atoms. The van der Waals surface area contributed by atoms with Crippen LogP contribution in [0.25, 0.3) is 0 Å². The van der Waals surface area contributed by atoms with Gasteiger partial charge in [0.1, 0.15) is 12.4 Å². The highest BCUT2D eigenvalue weighted by Gasteiger charge is 2.06. The topological polar surface area (TPSA) is 38.8 Å². The van der Waals surface area contributed by atoms with Crippen molar-refractivity contribution in [3.05, 3.63) is 64.7 Å². The van der Waals surface area contributed by atoms with Crippen LogP contribution in [-0.2, 0) is 11.3 Å². The first-order valence-electron chi connectivity index (χ1n) is 7.32. The Bertz CT molecular complexity index is 626. The Labute approximate surface area is 141 Å². The molecule has 4 nitrogen and oxygen atoms in total. The summed E-state index contributed by atoms with van der Waals surface area (Å²) in [6, 6.07) is 14.7. The van der Waals surface area contributed by atoms with Crippen molar-refractivity contribution in [2.24, 2.45) is 0 Å². The van der Waals surface area contributed by atoms with Gasteiger partial charge in [0.25, 0.3) is 0 Å². The molecule has 2 aromatic carbocycles. The number of hydrogen-bond donors (Lipinski definition) is 0. The SMILES string of the molecule is COC(=O)c1ccc(CN(C)CCOc2ccc(Cl)cc2)cc1. The Morgan fingerprint density at radius 2 is 1.74 bits per heavy atom. The Morgan fingerprint density at radius 3 is 2.35 bits per heavy atom. The van der Waals surface area contributed by atoms with Gasteiger partial charge < -0.3 is 9.47 Å². The molecule has 0 aliphatic carbocycles. The quantitative estimate of drug-likeness (QED) is 0.725. The van der Waals surface area contributed by atoms with Gasteiger partial charge in [-0.1, -0.05) is 23.7 Å². The molecular formula is C18H20ClNO3. The van der Waals surface area contributed by atoms with E-state index in [1.54, 1.807) is 12.1 Å². The van der Waals surface area contributed by atoms with Crippen LogP contribution >= 0.6 is 11.6 Å². The van der Waals surface area contributed by atoms with Crippen LogP contribution in [0.15, 0.2) is 48.5 Å². The van der Waals surface area contributed by atoms with Gasteiger partial charge in [-0.05, 0) is 49.0 Å². The molecule has 5 heteroatoms. The van der Waals surface area contributed by atoms with E-state index in [4.69, 9.17) is 16.3 Å². The van der Waals surface area contributed by atoms with Crippen LogP contribution in [0.4, 0.5) is 0 Å². The third kappa shape index (κ3) is 5.58. The Morgan fingerprint density at radius 1 is 1.09 bits per heavy atom. The zero-order chi connectivity index (χ0) is 16.7. The Hall–Kier alpha value is -2.04. The van der Waals surface area contributed by atoms with E-state index in [0.29, 0.717) is 17.2 Å². The number of esters is 1. The summed E-state index contributed by atoms with van der Waals surface area (Å²) in [5.41, 5.74) is 1.69. The van der Waals surface area contributed by atoms with Crippen molar-refractivity contribution >= 4 is 17.6 Å². The fraction of sp³-hybridized carbons (Fsp3) is 0.278. The van der Waals surface area contributed by atoms with Crippen molar-refractivity contribution in [2.75, 3.05) is 27.3 Å². The molecule has 0 spiro atoms. The van der Waals surface area contributed by atoms with E-state index in [2.05, 4.69) is 9.64 Å². The molecule has 0 amide bonds. The second-order valence-electron chi connectivity index (χ2n) is 5.23. The lowest BCUT2D eigenvalue weighted by Crippen LogP contribution is -2.23. The maximum absolute atomic E-state index is 11.4. The van der Waals surface area contributed by atoms with Crippen LogP contribution in [0, 0.1) is 0 Å². The minimum absolute atomic E-state index is 0.318. The molecule has 0 aromatic heterocycles. The van der Waals surface area contributed by atoms with Gasteiger partial charge in [0.15, 0.2) is 0 Å². The number of nitrogens with zero attached hydrogens (tertiary/aromatic N) is 1. The monoisotopic (exact) mass is 333 g/mol. The van der Waals surface area contributed by atoms with Gasteiger partial charge in [0.05, 0.1) is 12.7 Å². The van der Waals surface area contributed by atoms with Gasteiger partial charge >= 0.3 is 5.97 Å². The molecule has 23 heavy (non-hydrogen) atoms. The zero-order valence-corrected chi connectivity index (χ0v) is 14.0. The maximum atomic E-state index is 11.4. The van der Waals surface area contributed by atoms with E-state index in [0.717, 1.165) is 24.4 Å². The minimum Gasteiger partial charge on any atom is -0.492 e. The van der Waals surface area contributed by atoms with E-state index in [1.165, 1.54) is 7.11 Å². The largest absolute Gasteiger partial charge is 0.492 e. The van der Waals surface area contributed by atoms with Crippen LogP contribution in [0.2, 0.25) is 5.02 Å². The van der Waals surface area contributed by atoms with E-state index in [-0.39, 0.29) is 5.97 Å². The number of methoxy groups -OCH3 is 1. The lowest BCUT2D eigenvalue weighted by molar-refractivity contribution is 0.0600. The van der Waals surface area contributed by atoms with E-state index in [9.17, 15) is 4.79 Å². The number of benzene rings is 2. The number of hydrogen-bond acceptors (Lipinski definition) is 4. The summed E-state index contributed by atoms with van der Waals surface area (Å²) in [5, 5.41) is 0.699. The molecule has 0 saturated carbocycles. The lowest BCUT2D eigenvalue weighted by atomic mass is 10.1. The van der Waals surface area contributed by atoms with Gasteiger partial charge in [-0.15, -0.1) is 0 Å². The predicted octanol–water partition coefficient (Wildman–Crippen LogP) is 3.64. The van der Waals surface area contributed by atoms with E-state index >= 15 is 0 Å². The minimum atomic E-state index is -0.318. The standard InChI is InChI=1S/C18H20ClNO3/c1-20(11-12-23-17-9-7-16(19)8-10-17)13-14-3-5-15(6-4-14)18(21)22-2/h3-10H,11-13H2,1-2H3. The molecule has 122 valence electrons. The molecule has 0 aliphatic heterocycles. The van der Waals surface area contributed by atoms with Gasteiger partial charge in [-0.2, -0.15) is 0 Å². The fourth-order valence-electron chi connectivity index (χ4n) is 2.10. The average molecular weight is 334 g/mol. The molecular weight excluding hydrogens is 314 g/mol. The third-order valence-corrected chi connectivity index (χ3v) is 3.63. The Kier molecular flexibility index (Phi) is 6.44. The van der Waals surface area contributed by atoms with Crippen molar-refractivity contribution in [2.45, 2.75) is 6.54 Å². The molecule has 0 heterocycles. The Balaban J connectivity index is 1.77. The lowest BCUT2D eigenvalue weighted by Gasteiger charge is -2.17. The molecule has 0 saturated heterocycles. The first kappa shape index (κ1) is 17.3. The summed E-state index contributed by atoms with van der Waals surface area (Å²) >= 11 is 5.83. The molecule has 2 aromatic rings. The van der Waals surface area contributed by atoms with Gasteiger partial charge in [-0.25, -0.2) is 4.79 Å². The normalized spacial score (nSPS) is 10.6. The molecule has 0 atom stereocenters. The summed E-state index contributed by atoms with van der Waals surface area (Å²) < 4.78 is 10.4. The number of halogens is 1. The summed E-state index contributed by atoms with van der Waals surface area (Å²) in [7, 11) is 3.41. The third-order valence-electron chi connectivity index (χ3n) is 3.38. The summed E-state index contributed by atoms with van der Waals surface area (Å²) in [4.78, 5) is 13.5. The van der Waals surface area contributed by atoms with E-state index in [1.807, 2.05) is 43.4 Å². The van der Waals surface area contributed by atoms with Crippen molar-refractivity contribution in [1.29, 1.82) is 0 Å². The van der Waals surface area contributed by atoms with Crippen LogP contribution < -0.4 is 4.74 Å². The second kappa shape index (κ2) is 8.56. The van der Waals surface area contributed by atoms with Crippen LogP contribution in [0.3, 0.4) is 0 Å². The van der Waals surface area contributed by atoms with Gasteiger partial charge in [-0.3, -0.25) is 4.90 Å². The zero-order valence-electron chi connectivity index (χ0n) is 13.3. The smallest absolute Gasteiger partial charge is 0.337 e. The fourth-order valence-corrected chi connectivity index (χ4v) is 2.23. The maximum Gasteiger partial charge on any atom is 0.337 e. The molecule has 0 aliphatic rings. The first-order chi connectivity index (χ1) is 11.1. The highest BCUT2D eigenvalue weighted by atomic mass is 35.5. The number of carbonyl (C=O) groups excluding carboxylic acids is 1. The molecule has 0 fully saturated rings. The van der Waals surface area contributed by atoms with Crippen molar-refractivity contribution in [3.8, 4) is 5.75 Å². The number of ether oxygens (including phenoxy) is 2. The van der Waals surface area contributed by atoms with Crippen LogP contribution in [-0.4, -0.2) is 38.2 Å². The number of likely N-dealkylation sites (N-methyl/N-ethyl adjacent to an activating group) is 1. The predicted molar refractivity (Wildman–Crippen MR) is 91.1 cm³/mol. The van der Waals surface area contributed by atoms with Gasteiger partial charge in [0.2, 0.25) is 0 Å². The van der Waals surface area contributed by atoms with Crippen molar-refractivity contribution in [1.82, 2.24) is 4.90 Å². The molecule has 0 radical (unpaired) electrons. The van der Waals surface area contributed by atoms with Crippen molar-refractivity contribution < 1.29 is 14.3 Å². The highest BCUT2D eigenvalue weighted by molar-refractivity contribution is 6.30. The molecule has 0 unspecified atom stereocenters. The summed E-state index contributed by atoms with van der Waals surface area (Å²) in [6.45, 7) is 2.17. The summed E-state index contributed by atoms with van der Waals surface area (Å²) in [6.07, 6.45) is 0. The van der Waals surface area contributed by atoms with Crippen LogP contribution in [0.5, 0.6) is 5.75 Å². The van der Waals surface area contributed by atoms with Gasteiger partial charge in [0, 0.05) is 18.1 Å². The summed E-state index contributed by atoms with van der Waals surface area (Å²) in [5.74, 6) is 0.492. The first-order valence-corrected chi connectivity index (χ1v) is 7.70. The average Bonchev–Trinajstić information content (AvgIpc) is 2.56. The molecule has 2 rings (SSSR count). The van der Waals surface area contributed by atoms with E-state index < -0.39 is 0 Å².